The van der Waals surface area contributed by atoms with Gasteiger partial charge in [-0.3, -0.25) is 43.3 Å². The van der Waals surface area contributed by atoms with Crippen molar-refractivity contribution in [2.24, 2.45) is 45.7 Å². The van der Waals surface area contributed by atoms with Crippen LogP contribution in [0.1, 0.15) is 114 Å². The SMILES string of the molecule is CC(C)CC(NC(=O)CNC(=O)C(CC(C)C)NC(=O)C(NC(=O)C(CCCN=C(N)N)NC(=O)CN)[C@@H](C)O)C(=O)O.CCCCC(=O)C(C)NC(=O)CNC(=O)C(N)C(C)C.CCSC.CSc1cccc(S(=O)F)c1. The maximum Gasteiger partial charge on any atom is 0.326 e. The standard InChI is InChI=1S/C26H49N9O8.C14H27N3O3.C7H7FOS2.C3H8S/c1-13(2)9-17(22(39)31-12-20(38)33-18(25(42)43)10-14(3)4)34-24(41)21(15(5)36)35-23(40)16(32-19(37)11-27)7-6-8-30-26(28)29;1-5-6-7-11(18)10(4)17-12(19)8-16-14(20)13(15)9(2)3;1-10-6-3-2-4-7(5-6)11(8)9;1-3-4-2/h13-18,21,36H,6-12,27H2,1-5H3,(H,31,39)(H,32,37)(H,33,38)(H,34,41)(H,35,40)(H,42,43)(H4,28,29,30);9-10,13H,5-8,15H2,1-4H3,(H,16,20)(H,17,19);2-5H,1H3;3H2,1-2H3/t15-,16?,17?,18?,21?;;;/m1.../s1. The molecule has 0 fully saturated rings. The van der Waals surface area contributed by atoms with Gasteiger partial charge in [-0.05, 0) is 100 Å². The molecular formula is C50H91FN12O12S3. The van der Waals surface area contributed by atoms with Crippen molar-refractivity contribution in [1.29, 1.82) is 0 Å². The Kier molecular flexibility index (Phi) is 43.8. The number of benzene rings is 1. The highest BCUT2D eigenvalue weighted by molar-refractivity contribution is 7.98. The maximum absolute atomic E-state index is 13.2. The summed E-state index contributed by atoms with van der Waals surface area (Å²) in [5, 5.41) is 36.7. The van der Waals surface area contributed by atoms with Crippen molar-refractivity contribution >= 4 is 93.8 Å². The van der Waals surface area contributed by atoms with Crippen LogP contribution in [0.3, 0.4) is 0 Å². The van der Waals surface area contributed by atoms with Gasteiger partial charge >= 0.3 is 5.97 Å². The van der Waals surface area contributed by atoms with Crippen LogP contribution in [0.5, 0.6) is 0 Å². The molecule has 7 amide bonds. The van der Waals surface area contributed by atoms with E-state index in [1.165, 1.54) is 30.5 Å². The van der Waals surface area contributed by atoms with Crippen molar-refractivity contribution in [2.45, 2.75) is 166 Å². The number of nitrogens with one attached hydrogen (secondary N) is 7. The molecule has 17 N–H and O–H groups in total. The largest absolute Gasteiger partial charge is 0.480 e. The van der Waals surface area contributed by atoms with E-state index in [4.69, 9.17) is 22.9 Å². The molecule has 24 nitrogen and oxygen atoms in total. The first kappa shape index (κ1) is 76.8. The second-order valence-corrected chi connectivity index (χ2v) is 21.8. The summed E-state index contributed by atoms with van der Waals surface area (Å²) in [4.78, 5) is 114. The molecule has 0 aliphatic heterocycles. The molecule has 28 heteroatoms. The van der Waals surface area contributed by atoms with Crippen LogP contribution in [0.25, 0.3) is 0 Å². The predicted molar refractivity (Wildman–Crippen MR) is 306 cm³/mol. The Bertz CT molecular complexity index is 2050. The van der Waals surface area contributed by atoms with Gasteiger partial charge in [-0.1, -0.05) is 67.9 Å². The first-order chi connectivity index (χ1) is 36.4. The number of hydrogen-bond acceptors (Lipinski definition) is 16. The molecule has 0 saturated heterocycles. The Labute approximate surface area is 471 Å². The van der Waals surface area contributed by atoms with Crippen LogP contribution >= 0.6 is 23.5 Å². The highest BCUT2D eigenvalue weighted by atomic mass is 32.2. The molecule has 1 aromatic rings. The summed E-state index contributed by atoms with van der Waals surface area (Å²) in [5.41, 5.74) is 21.6. The first-order valence-corrected chi connectivity index (χ1v) is 29.3. The zero-order chi connectivity index (χ0) is 60.7. The van der Waals surface area contributed by atoms with Crippen LogP contribution in [0.4, 0.5) is 3.89 Å². The van der Waals surface area contributed by atoms with Gasteiger partial charge in [-0.15, -0.1) is 15.6 Å². The van der Waals surface area contributed by atoms with Crippen molar-refractivity contribution in [1.82, 2.24) is 37.2 Å². The number of hydrogen-bond donors (Lipinski definition) is 13. The van der Waals surface area contributed by atoms with Crippen molar-refractivity contribution in [3.63, 3.8) is 0 Å². The quantitative estimate of drug-likeness (QED) is 0.0155. The van der Waals surface area contributed by atoms with Gasteiger partial charge in [0.15, 0.2) is 11.7 Å². The van der Waals surface area contributed by atoms with Gasteiger partial charge in [0.1, 0.15) is 24.2 Å². The fraction of sp³-hybridized carbons (Fsp3) is 0.680. The third-order valence-electron chi connectivity index (χ3n) is 10.5. The number of aliphatic carboxylic acids is 1. The molecule has 1 rings (SSSR count). The van der Waals surface area contributed by atoms with Gasteiger partial charge in [-0.25, -0.2) is 9.00 Å². The lowest BCUT2D eigenvalue weighted by Gasteiger charge is -2.27. The number of aliphatic imine (C=N–C) groups is 1. The van der Waals surface area contributed by atoms with E-state index in [0.717, 1.165) is 17.7 Å². The maximum atomic E-state index is 13.2. The summed E-state index contributed by atoms with van der Waals surface area (Å²) < 4.78 is 22.6. The fourth-order valence-corrected chi connectivity index (χ4v) is 7.05. The van der Waals surface area contributed by atoms with Crippen molar-refractivity contribution in [3.05, 3.63) is 24.3 Å². The fourth-order valence-electron chi connectivity index (χ4n) is 6.11. The molecule has 0 bridgehead atoms. The Morgan fingerprint density at radius 2 is 1.27 bits per heavy atom. The minimum absolute atomic E-state index is 0.000816. The minimum Gasteiger partial charge on any atom is -0.480 e. The van der Waals surface area contributed by atoms with Gasteiger partial charge in [0.2, 0.25) is 52.5 Å². The van der Waals surface area contributed by atoms with Crippen molar-refractivity contribution < 1.29 is 61.5 Å². The number of thioether (sulfide) groups is 2. The molecule has 8 atom stereocenters. The second-order valence-electron chi connectivity index (χ2n) is 18.8. The molecule has 448 valence electrons. The molecule has 0 aromatic heterocycles. The number of carbonyl (C=O) groups excluding carboxylic acids is 8. The lowest BCUT2D eigenvalue weighted by atomic mass is 10.0. The Morgan fingerprint density at radius 3 is 1.73 bits per heavy atom. The monoisotopic (exact) mass is 1170 g/mol. The number of ketones is 1. The number of carboxylic acids is 1. The van der Waals surface area contributed by atoms with E-state index in [0.29, 0.717) is 12.8 Å². The van der Waals surface area contributed by atoms with Crippen LogP contribution < -0.4 is 60.2 Å². The van der Waals surface area contributed by atoms with Gasteiger partial charge in [0.05, 0.1) is 42.7 Å². The molecular weight excluding hydrogens is 1080 g/mol. The first-order valence-electron chi connectivity index (χ1n) is 25.6. The van der Waals surface area contributed by atoms with Gasteiger partial charge in [0.25, 0.3) is 0 Å². The van der Waals surface area contributed by atoms with Gasteiger partial charge in [-0.2, -0.15) is 11.8 Å². The molecule has 7 unspecified atom stereocenters. The second kappa shape index (κ2) is 44.4. The lowest BCUT2D eigenvalue weighted by molar-refractivity contribution is -0.142. The number of nitrogens with zero attached hydrogens (tertiary/aromatic N) is 1. The molecule has 0 spiro atoms. The summed E-state index contributed by atoms with van der Waals surface area (Å²) in [7, 11) is 0. The topological polar surface area (TPSA) is 412 Å². The van der Waals surface area contributed by atoms with Crippen LogP contribution in [-0.2, 0) is 54.3 Å². The third-order valence-corrected chi connectivity index (χ3v) is 12.5. The highest BCUT2D eigenvalue weighted by Crippen LogP contribution is 2.18. The normalized spacial score (nSPS) is 13.7. The Hall–Kier alpha value is -5.42. The smallest absolute Gasteiger partial charge is 0.326 e. The Morgan fingerprint density at radius 1 is 0.731 bits per heavy atom. The molecule has 78 heavy (non-hydrogen) atoms. The lowest BCUT2D eigenvalue weighted by Crippen LogP contribution is -2.60. The number of amides is 7. The molecule has 1 aromatic carbocycles. The van der Waals surface area contributed by atoms with Gasteiger partial charge < -0.3 is 70.4 Å². The van der Waals surface area contributed by atoms with E-state index < -0.39 is 102 Å². The van der Waals surface area contributed by atoms with Crippen molar-refractivity contribution in [2.75, 3.05) is 44.4 Å². The van der Waals surface area contributed by atoms with Gasteiger partial charge in [0, 0.05) is 17.9 Å². The Balaban J connectivity index is -0.00000130. The van der Waals surface area contributed by atoms with E-state index in [1.54, 1.807) is 46.8 Å². The zero-order valence-corrected chi connectivity index (χ0v) is 49.9. The number of aliphatic hydroxyl groups excluding tert-OH is 1. The summed E-state index contributed by atoms with van der Waals surface area (Å²) >= 11 is 1.00. The van der Waals surface area contributed by atoms with Crippen molar-refractivity contribution in [3.8, 4) is 0 Å². The average Bonchev–Trinajstić information content (AvgIpc) is 3.37. The van der Waals surface area contributed by atoms with Crippen LogP contribution in [0, 0.1) is 17.8 Å². The number of halogens is 1. The molecule has 0 heterocycles. The van der Waals surface area contributed by atoms with Crippen LogP contribution in [-0.4, -0.2) is 160 Å². The molecule has 0 aliphatic rings. The van der Waals surface area contributed by atoms with E-state index in [-0.39, 0.29) is 78.6 Å². The molecule has 0 saturated carbocycles. The summed E-state index contributed by atoms with van der Waals surface area (Å²) in [6.45, 7) is 17.0. The number of guanidine groups is 1. The summed E-state index contributed by atoms with van der Waals surface area (Å²) in [6.07, 6.45) is 5.52. The number of aliphatic hydroxyl groups is 1. The molecule has 0 aliphatic carbocycles. The number of carboxylic acid groups (broad SMARTS) is 1. The van der Waals surface area contributed by atoms with Crippen LogP contribution in [0.15, 0.2) is 39.0 Å². The zero-order valence-electron chi connectivity index (χ0n) is 47.4. The number of rotatable bonds is 32. The number of carbonyl (C=O) groups is 9. The summed E-state index contributed by atoms with van der Waals surface area (Å²) in [5.74, 6) is -4.69. The van der Waals surface area contributed by atoms with Crippen LogP contribution in [0.2, 0.25) is 0 Å². The highest BCUT2D eigenvalue weighted by Gasteiger charge is 2.33. The third kappa shape index (κ3) is 38.2. The van der Waals surface area contributed by atoms with E-state index in [9.17, 15) is 61.5 Å². The van der Waals surface area contributed by atoms with E-state index >= 15 is 0 Å². The summed E-state index contributed by atoms with van der Waals surface area (Å²) in [6, 6.07) is 0.554. The minimum atomic E-state index is -2.35. The van der Waals surface area contributed by atoms with E-state index in [2.05, 4.69) is 55.4 Å². The number of unbranched alkanes of at least 4 members (excludes halogenated alkanes) is 1. The predicted octanol–water partition coefficient (Wildman–Crippen LogP) is 0.731. The average molecular weight is 1170 g/mol. The van der Waals surface area contributed by atoms with E-state index in [1.807, 2.05) is 44.9 Å². The number of nitrogens with two attached hydrogens (primary N) is 4. The number of Topliss-reactive ketones (excluding diaryl/α,β-unsaturated/α-hetero) is 1. The molecule has 0 radical (unpaired) electrons.